The lowest BCUT2D eigenvalue weighted by atomic mass is 10.00. The second-order valence-electron chi connectivity index (χ2n) is 6.99. The lowest BCUT2D eigenvalue weighted by Gasteiger charge is -2.30. The zero-order chi connectivity index (χ0) is 17.7. The van der Waals surface area contributed by atoms with Gasteiger partial charge in [-0.1, -0.05) is 27.7 Å². The Hall–Kier alpha value is -1.63. The number of aliphatic carboxylic acids is 1. The van der Waals surface area contributed by atoms with E-state index in [1.165, 1.54) is 4.90 Å². The van der Waals surface area contributed by atoms with Crippen molar-refractivity contribution in [2.75, 3.05) is 6.54 Å². The summed E-state index contributed by atoms with van der Waals surface area (Å²) in [6.07, 6.45) is 1.65. The first-order chi connectivity index (χ1) is 10.6. The molecule has 1 saturated heterocycles. The fourth-order valence-electron chi connectivity index (χ4n) is 2.85. The summed E-state index contributed by atoms with van der Waals surface area (Å²) in [7, 11) is 0. The molecule has 0 unspecified atom stereocenters. The third-order valence-electron chi connectivity index (χ3n) is 4.11. The third kappa shape index (κ3) is 5.20. The van der Waals surface area contributed by atoms with Gasteiger partial charge in [0.25, 0.3) is 0 Å². The van der Waals surface area contributed by atoms with Crippen LogP contribution in [-0.2, 0) is 14.4 Å². The minimum absolute atomic E-state index is 0.146. The summed E-state index contributed by atoms with van der Waals surface area (Å²) in [6.45, 7) is 8.00. The predicted molar refractivity (Wildman–Crippen MR) is 86.6 cm³/mol. The molecule has 132 valence electrons. The number of carboxylic acids is 1. The number of carboxylic acid groups (broad SMARTS) is 1. The van der Waals surface area contributed by atoms with Crippen LogP contribution in [0.1, 0.15) is 47.0 Å². The molecule has 1 aliphatic heterocycles. The SMILES string of the molecule is CC(C)C[C@H](N)C(=O)N[C@H](C(=O)N1CCC[C@H]1C(=O)O)C(C)C. The van der Waals surface area contributed by atoms with Crippen molar-refractivity contribution in [1.29, 1.82) is 0 Å². The number of likely N-dealkylation sites (tertiary alicyclic amines) is 1. The van der Waals surface area contributed by atoms with E-state index in [-0.39, 0.29) is 23.7 Å². The summed E-state index contributed by atoms with van der Waals surface area (Å²) < 4.78 is 0. The van der Waals surface area contributed by atoms with Gasteiger partial charge >= 0.3 is 5.97 Å². The molecule has 0 aromatic heterocycles. The van der Waals surface area contributed by atoms with Crippen LogP contribution in [0.5, 0.6) is 0 Å². The Kier molecular flexibility index (Phi) is 7.00. The Balaban J connectivity index is 2.80. The predicted octanol–water partition coefficient (Wildman–Crippen LogP) is 0.576. The monoisotopic (exact) mass is 327 g/mol. The number of carbonyl (C=O) groups excluding carboxylic acids is 2. The number of amides is 2. The van der Waals surface area contributed by atoms with Gasteiger partial charge in [-0.2, -0.15) is 0 Å². The molecule has 7 heteroatoms. The van der Waals surface area contributed by atoms with E-state index in [0.717, 1.165) is 0 Å². The standard InChI is InChI=1S/C16H29N3O4/c1-9(2)8-11(17)14(20)18-13(10(3)4)15(21)19-7-5-6-12(19)16(22)23/h9-13H,5-8,17H2,1-4H3,(H,18,20)(H,22,23)/t11-,12-,13-/m0/s1. The molecule has 3 atom stereocenters. The van der Waals surface area contributed by atoms with Crippen LogP contribution in [-0.4, -0.2) is 52.5 Å². The summed E-state index contributed by atoms with van der Waals surface area (Å²) in [4.78, 5) is 37.5. The van der Waals surface area contributed by atoms with Gasteiger partial charge in [-0.15, -0.1) is 0 Å². The summed E-state index contributed by atoms with van der Waals surface area (Å²) in [5.74, 6) is -1.57. The normalized spacial score (nSPS) is 20.7. The minimum Gasteiger partial charge on any atom is -0.480 e. The van der Waals surface area contributed by atoms with E-state index in [0.29, 0.717) is 25.8 Å². The second kappa shape index (κ2) is 8.29. The van der Waals surface area contributed by atoms with E-state index in [1.54, 1.807) is 0 Å². The molecule has 0 aromatic rings. The summed E-state index contributed by atoms with van der Waals surface area (Å²) in [5.41, 5.74) is 5.86. The first kappa shape index (κ1) is 19.4. The van der Waals surface area contributed by atoms with Gasteiger partial charge in [-0.05, 0) is 31.1 Å². The van der Waals surface area contributed by atoms with Crippen molar-refractivity contribution in [3.63, 3.8) is 0 Å². The van der Waals surface area contributed by atoms with Crippen LogP contribution in [0.2, 0.25) is 0 Å². The van der Waals surface area contributed by atoms with Crippen molar-refractivity contribution >= 4 is 17.8 Å². The average Bonchev–Trinajstić information content (AvgIpc) is 2.92. The Morgan fingerprint density at radius 2 is 1.87 bits per heavy atom. The molecule has 23 heavy (non-hydrogen) atoms. The maximum atomic E-state index is 12.7. The van der Waals surface area contributed by atoms with Gasteiger partial charge in [0.15, 0.2) is 0 Å². The molecular formula is C16H29N3O4. The van der Waals surface area contributed by atoms with Crippen LogP contribution >= 0.6 is 0 Å². The number of hydrogen-bond donors (Lipinski definition) is 3. The minimum atomic E-state index is -0.999. The maximum Gasteiger partial charge on any atom is 0.326 e. The highest BCUT2D eigenvalue weighted by Crippen LogP contribution is 2.20. The van der Waals surface area contributed by atoms with Crippen molar-refractivity contribution in [2.24, 2.45) is 17.6 Å². The van der Waals surface area contributed by atoms with Crippen LogP contribution in [0, 0.1) is 11.8 Å². The Morgan fingerprint density at radius 3 is 2.35 bits per heavy atom. The smallest absolute Gasteiger partial charge is 0.326 e. The summed E-state index contributed by atoms with van der Waals surface area (Å²) >= 11 is 0. The van der Waals surface area contributed by atoms with Gasteiger partial charge < -0.3 is 21.1 Å². The van der Waals surface area contributed by atoms with Crippen molar-refractivity contribution in [2.45, 2.75) is 65.1 Å². The number of nitrogens with zero attached hydrogens (tertiary/aromatic N) is 1. The van der Waals surface area contributed by atoms with Crippen molar-refractivity contribution in [3.8, 4) is 0 Å². The first-order valence-electron chi connectivity index (χ1n) is 8.24. The zero-order valence-corrected chi connectivity index (χ0v) is 14.4. The van der Waals surface area contributed by atoms with E-state index in [1.807, 2.05) is 27.7 Å². The largest absolute Gasteiger partial charge is 0.480 e. The van der Waals surface area contributed by atoms with Crippen LogP contribution in [0.3, 0.4) is 0 Å². The van der Waals surface area contributed by atoms with E-state index >= 15 is 0 Å². The lowest BCUT2D eigenvalue weighted by molar-refractivity contribution is -0.150. The maximum absolute atomic E-state index is 12.7. The van der Waals surface area contributed by atoms with Crippen molar-refractivity contribution in [1.82, 2.24) is 10.2 Å². The number of hydrogen-bond acceptors (Lipinski definition) is 4. The molecule has 1 aliphatic rings. The molecule has 1 rings (SSSR count). The summed E-state index contributed by atoms with van der Waals surface area (Å²) in [5, 5.41) is 11.9. The quantitative estimate of drug-likeness (QED) is 0.633. The molecule has 0 aliphatic carbocycles. The molecule has 4 N–H and O–H groups in total. The fraction of sp³-hybridized carbons (Fsp3) is 0.812. The molecule has 0 aromatic carbocycles. The van der Waals surface area contributed by atoms with Gasteiger partial charge in [0.05, 0.1) is 6.04 Å². The van der Waals surface area contributed by atoms with E-state index < -0.39 is 24.1 Å². The van der Waals surface area contributed by atoms with Crippen LogP contribution in [0.25, 0.3) is 0 Å². The van der Waals surface area contributed by atoms with Gasteiger partial charge in [0, 0.05) is 6.54 Å². The molecule has 0 bridgehead atoms. The highest BCUT2D eigenvalue weighted by Gasteiger charge is 2.38. The average molecular weight is 327 g/mol. The second-order valence-corrected chi connectivity index (χ2v) is 6.99. The van der Waals surface area contributed by atoms with Gasteiger partial charge in [-0.3, -0.25) is 9.59 Å². The van der Waals surface area contributed by atoms with Crippen LogP contribution in [0.15, 0.2) is 0 Å². The Morgan fingerprint density at radius 1 is 1.26 bits per heavy atom. The summed E-state index contributed by atoms with van der Waals surface area (Å²) in [6, 6.07) is -2.22. The number of nitrogens with two attached hydrogens (primary N) is 1. The highest BCUT2D eigenvalue weighted by molar-refractivity contribution is 5.92. The molecule has 1 heterocycles. The highest BCUT2D eigenvalue weighted by atomic mass is 16.4. The number of nitrogens with one attached hydrogen (secondary N) is 1. The topological polar surface area (TPSA) is 113 Å². The lowest BCUT2D eigenvalue weighted by Crippen LogP contribution is -2.56. The van der Waals surface area contributed by atoms with Crippen molar-refractivity contribution in [3.05, 3.63) is 0 Å². The van der Waals surface area contributed by atoms with Gasteiger partial charge in [0.2, 0.25) is 11.8 Å². The molecule has 0 saturated carbocycles. The van der Waals surface area contributed by atoms with Crippen LogP contribution in [0.4, 0.5) is 0 Å². The molecule has 1 fully saturated rings. The van der Waals surface area contributed by atoms with Gasteiger partial charge in [-0.25, -0.2) is 4.79 Å². The molecular weight excluding hydrogens is 298 g/mol. The van der Waals surface area contributed by atoms with E-state index in [9.17, 15) is 19.5 Å². The molecule has 7 nitrogen and oxygen atoms in total. The molecule has 0 spiro atoms. The Bertz CT molecular complexity index is 451. The number of rotatable bonds is 7. The van der Waals surface area contributed by atoms with Crippen molar-refractivity contribution < 1.29 is 19.5 Å². The fourth-order valence-corrected chi connectivity index (χ4v) is 2.85. The van der Waals surface area contributed by atoms with E-state index in [2.05, 4.69) is 5.32 Å². The Labute approximate surface area is 137 Å². The third-order valence-corrected chi connectivity index (χ3v) is 4.11. The van der Waals surface area contributed by atoms with Gasteiger partial charge in [0.1, 0.15) is 12.1 Å². The molecule has 2 amide bonds. The molecule has 0 radical (unpaired) electrons. The zero-order valence-electron chi connectivity index (χ0n) is 14.4. The van der Waals surface area contributed by atoms with E-state index in [4.69, 9.17) is 5.73 Å². The number of carbonyl (C=O) groups is 3. The van der Waals surface area contributed by atoms with Crippen LogP contribution < -0.4 is 11.1 Å². The first-order valence-corrected chi connectivity index (χ1v) is 8.24.